The van der Waals surface area contributed by atoms with Gasteiger partial charge in [0.25, 0.3) is 0 Å². The first-order valence-corrected chi connectivity index (χ1v) is 6.92. The number of anilines is 1. The smallest absolute Gasteiger partial charge is 0.246 e. The van der Waals surface area contributed by atoms with Crippen LogP contribution in [-0.4, -0.2) is 15.1 Å². The van der Waals surface area contributed by atoms with E-state index >= 15 is 0 Å². The van der Waals surface area contributed by atoms with Crippen molar-refractivity contribution in [2.45, 2.75) is 19.9 Å². The van der Waals surface area contributed by atoms with Crippen LogP contribution in [0, 0.1) is 0 Å². The number of pyridine rings is 1. The van der Waals surface area contributed by atoms with Crippen LogP contribution in [0.25, 0.3) is 11.5 Å². The van der Waals surface area contributed by atoms with Crippen molar-refractivity contribution >= 4 is 5.69 Å². The van der Waals surface area contributed by atoms with Crippen LogP contribution in [0.1, 0.15) is 18.4 Å². The topological polar surface area (TPSA) is 63.8 Å². The third-order valence-electron chi connectivity index (χ3n) is 3.17. The SMILES string of the molecule is CCc1cccnc1-c1noc(CNc2ccccc2)n1. The van der Waals surface area contributed by atoms with Crippen molar-refractivity contribution in [1.82, 2.24) is 15.1 Å². The molecule has 3 aromatic rings. The summed E-state index contributed by atoms with van der Waals surface area (Å²) in [5.74, 6) is 1.08. The fourth-order valence-corrected chi connectivity index (χ4v) is 2.08. The fourth-order valence-electron chi connectivity index (χ4n) is 2.08. The Balaban J connectivity index is 1.74. The zero-order chi connectivity index (χ0) is 14.5. The first-order chi connectivity index (χ1) is 10.4. The van der Waals surface area contributed by atoms with E-state index in [1.54, 1.807) is 6.20 Å². The number of hydrogen-bond donors (Lipinski definition) is 1. The van der Waals surface area contributed by atoms with Crippen molar-refractivity contribution in [1.29, 1.82) is 0 Å². The zero-order valence-electron chi connectivity index (χ0n) is 11.8. The number of benzene rings is 1. The van der Waals surface area contributed by atoms with Crippen molar-refractivity contribution in [3.8, 4) is 11.5 Å². The number of rotatable bonds is 5. The molecule has 0 saturated heterocycles. The molecule has 1 aromatic carbocycles. The predicted octanol–water partition coefficient (Wildman–Crippen LogP) is 3.31. The van der Waals surface area contributed by atoms with Gasteiger partial charge in [0.15, 0.2) is 0 Å². The minimum absolute atomic E-state index is 0.491. The second-order valence-corrected chi connectivity index (χ2v) is 4.60. The van der Waals surface area contributed by atoms with Crippen molar-refractivity contribution in [2.75, 3.05) is 5.32 Å². The molecule has 0 amide bonds. The maximum atomic E-state index is 5.28. The van der Waals surface area contributed by atoms with Crippen molar-refractivity contribution in [2.24, 2.45) is 0 Å². The lowest BCUT2D eigenvalue weighted by Crippen LogP contribution is -1.99. The quantitative estimate of drug-likeness (QED) is 0.776. The molecule has 5 nitrogen and oxygen atoms in total. The number of aromatic nitrogens is 3. The summed E-state index contributed by atoms with van der Waals surface area (Å²) in [4.78, 5) is 8.75. The van der Waals surface area contributed by atoms with Gasteiger partial charge in [-0.3, -0.25) is 4.98 Å². The molecule has 0 aliphatic rings. The molecule has 106 valence electrons. The van der Waals surface area contributed by atoms with Gasteiger partial charge in [0.1, 0.15) is 5.69 Å². The Morgan fingerprint density at radius 3 is 2.76 bits per heavy atom. The van der Waals surface area contributed by atoms with Gasteiger partial charge in [-0.25, -0.2) is 0 Å². The van der Waals surface area contributed by atoms with Crippen LogP contribution < -0.4 is 5.32 Å². The lowest BCUT2D eigenvalue weighted by molar-refractivity contribution is 0.384. The third-order valence-corrected chi connectivity index (χ3v) is 3.17. The van der Waals surface area contributed by atoms with Gasteiger partial charge in [0.2, 0.25) is 11.7 Å². The predicted molar refractivity (Wildman–Crippen MR) is 80.7 cm³/mol. The second-order valence-electron chi connectivity index (χ2n) is 4.60. The second kappa shape index (κ2) is 6.17. The molecule has 0 fully saturated rings. The lowest BCUT2D eigenvalue weighted by atomic mass is 10.1. The van der Waals surface area contributed by atoms with E-state index in [-0.39, 0.29) is 0 Å². The van der Waals surface area contributed by atoms with E-state index in [4.69, 9.17) is 4.52 Å². The highest BCUT2D eigenvalue weighted by Crippen LogP contribution is 2.18. The van der Waals surface area contributed by atoms with Gasteiger partial charge < -0.3 is 9.84 Å². The molecule has 0 radical (unpaired) electrons. The third kappa shape index (κ3) is 3.08. The Hall–Kier alpha value is -2.69. The summed E-state index contributed by atoms with van der Waals surface area (Å²) in [5, 5.41) is 7.26. The normalized spacial score (nSPS) is 10.5. The maximum absolute atomic E-state index is 5.28. The highest BCUT2D eigenvalue weighted by molar-refractivity contribution is 5.53. The molecule has 21 heavy (non-hydrogen) atoms. The van der Waals surface area contributed by atoms with E-state index in [1.807, 2.05) is 42.5 Å². The molecule has 0 aliphatic carbocycles. The van der Waals surface area contributed by atoms with Gasteiger partial charge in [0.05, 0.1) is 6.54 Å². The molecule has 5 heteroatoms. The molecule has 0 atom stereocenters. The van der Waals surface area contributed by atoms with Crippen LogP contribution in [0.4, 0.5) is 5.69 Å². The van der Waals surface area contributed by atoms with Crippen LogP contribution in [0.2, 0.25) is 0 Å². The number of nitrogens with zero attached hydrogens (tertiary/aromatic N) is 3. The molecule has 1 N–H and O–H groups in total. The first kappa shape index (κ1) is 13.3. The van der Waals surface area contributed by atoms with Crippen LogP contribution in [0.5, 0.6) is 0 Å². The monoisotopic (exact) mass is 280 g/mol. The largest absolute Gasteiger partial charge is 0.376 e. The van der Waals surface area contributed by atoms with E-state index in [0.29, 0.717) is 18.3 Å². The summed E-state index contributed by atoms with van der Waals surface area (Å²) >= 11 is 0. The lowest BCUT2D eigenvalue weighted by Gasteiger charge is -2.02. The Kier molecular flexibility index (Phi) is 3.91. The average molecular weight is 280 g/mol. The van der Waals surface area contributed by atoms with Crippen LogP contribution in [0.3, 0.4) is 0 Å². The van der Waals surface area contributed by atoms with Crippen molar-refractivity contribution in [3.05, 3.63) is 60.1 Å². The van der Waals surface area contributed by atoms with Crippen molar-refractivity contribution < 1.29 is 4.52 Å². The standard InChI is InChI=1S/C16H16N4O/c1-2-12-7-6-10-17-15(12)16-19-14(21-20-16)11-18-13-8-4-3-5-9-13/h3-10,18H,2,11H2,1H3. The van der Waals surface area contributed by atoms with E-state index in [1.165, 1.54) is 0 Å². The number of nitrogens with one attached hydrogen (secondary N) is 1. The summed E-state index contributed by atoms with van der Waals surface area (Å²) in [7, 11) is 0. The molecule has 0 bridgehead atoms. The van der Waals surface area contributed by atoms with Crippen molar-refractivity contribution in [3.63, 3.8) is 0 Å². The summed E-state index contributed by atoms with van der Waals surface area (Å²) in [6.07, 6.45) is 2.63. The fraction of sp³-hybridized carbons (Fsp3) is 0.188. The Labute approximate surface area is 123 Å². The highest BCUT2D eigenvalue weighted by atomic mass is 16.5. The molecular weight excluding hydrogens is 264 g/mol. The molecule has 0 unspecified atom stereocenters. The van der Waals surface area contributed by atoms with E-state index in [2.05, 4.69) is 27.4 Å². The van der Waals surface area contributed by atoms with Gasteiger partial charge in [-0.05, 0) is 30.2 Å². The molecule has 0 spiro atoms. The van der Waals surface area contributed by atoms with Crippen LogP contribution in [0.15, 0.2) is 53.2 Å². The molecule has 3 rings (SSSR count). The van der Waals surface area contributed by atoms with Gasteiger partial charge >= 0.3 is 0 Å². The summed E-state index contributed by atoms with van der Waals surface area (Å²) in [5.41, 5.74) is 2.92. The number of hydrogen-bond acceptors (Lipinski definition) is 5. The van der Waals surface area contributed by atoms with Gasteiger partial charge in [0, 0.05) is 11.9 Å². The first-order valence-electron chi connectivity index (χ1n) is 6.92. The molecule has 0 saturated carbocycles. The molecule has 2 aromatic heterocycles. The minimum atomic E-state index is 0.491. The average Bonchev–Trinajstić information content (AvgIpc) is 3.02. The Morgan fingerprint density at radius 2 is 1.95 bits per heavy atom. The minimum Gasteiger partial charge on any atom is -0.376 e. The summed E-state index contributed by atoms with van der Waals surface area (Å²) in [6.45, 7) is 2.57. The highest BCUT2D eigenvalue weighted by Gasteiger charge is 2.12. The number of para-hydroxylation sites is 1. The van der Waals surface area contributed by atoms with Gasteiger partial charge in [-0.2, -0.15) is 4.98 Å². The van der Waals surface area contributed by atoms with Gasteiger partial charge in [-0.15, -0.1) is 0 Å². The molecule has 0 aliphatic heterocycles. The van der Waals surface area contributed by atoms with Crippen LogP contribution in [-0.2, 0) is 13.0 Å². The summed E-state index contributed by atoms with van der Waals surface area (Å²) in [6, 6.07) is 13.9. The van der Waals surface area contributed by atoms with Gasteiger partial charge in [-0.1, -0.05) is 36.3 Å². The van der Waals surface area contributed by atoms with Crippen LogP contribution >= 0.6 is 0 Å². The zero-order valence-corrected chi connectivity index (χ0v) is 11.8. The summed E-state index contributed by atoms with van der Waals surface area (Å²) < 4.78 is 5.28. The van der Waals surface area contributed by atoms with E-state index in [9.17, 15) is 0 Å². The molecular formula is C16H16N4O. The molecule has 2 heterocycles. The number of aryl methyl sites for hydroxylation is 1. The Bertz CT molecular complexity index is 709. The Morgan fingerprint density at radius 1 is 1.10 bits per heavy atom. The maximum Gasteiger partial charge on any atom is 0.246 e. The van der Waals surface area contributed by atoms with E-state index < -0.39 is 0 Å². The van der Waals surface area contributed by atoms with E-state index in [0.717, 1.165) is 23.4 Å².